The number of ether oxygens (including phenoxy) is 1. The molecule has 0 saturated carbocycles. The van der Waals surface area contributed by atoms with Crippen LogP contribution in [0.1, 0.15) is 30.6 Å². The maximum atomic E-state index is 6.10. The standard InChI is InChI=1S/C14H19N3O/c1-4-11(15)13-8-16-9-17(13)12-7-10(2)5-6-14(12)18-3/h5-9,11H,4,15H2,1-3H3/t11-/m1/s1. The second kappa shape index (κ2) is 5.23. The van der Waals surface area contributed by atoms with E-state index < -0.39 is 0 Å². The van der Waals surface area contributed by atoms with Crippen LogP contribution in [0, 0.1) is 6.92 Å². The monoisotopic (exact) mass is 245 g/mol. The van der Waals surface area contributed by atoms with E-state index in [1.165, 1.54) is 5.56 Å². The molecule has 4 nitrogen and oxygen atoms in total. The van der Waals surface area contributed by atoms with E-state index in [0.717, 1.165) is 23.6 Å². The van der Waals surface area contributed by atoms with Gasteiger partial charge in [0.05, 0.1) is 31.0 Å². The normalized spacial score (nSPS) is 12.4. The van der Waals surface area contributed by atoms with E-state index in [4.69, 9.17) is 10.5 Å². The highest BCUT2D eigenvalue weighted by Crippen LogP contribution is 2.27. The van der Waals surface area contributed by atoms with Crippen LogP contribution in [0.4, 0.5) is 0 Å². The summed E-state index contributed by atoms with van der Waals surface area (Å²) in [6.45, 7) is 4.12. The molecule has 0 aliphatic carbocycles. The van der Waals surface area contributed by atoms with Crippen LogP contribution in [0.5, 0.6) is 5.75 Å². The minimum Gasteiger partial charge on any atom is -0.495 e. The van der Waals surface area contributed by atoms with Crippen LogP contribution in [-0.2, 0) is 0 Å². The lowest BCUT2D eigenvalue weighted by Gasteiger charge is -2.16. The Bertz CT molecular complexity index is 534. The number of aryl methyl sites for hydroxylation is 1. The van der Waals surface area contributed by atoms with Crippen LogP contribution >= 0.6 is 0 Å². The van der Waals surface area contributed by atoms with Gasteiger partial charge in [-0.25, -0.2) is 4.98 Å². The van der Waals surface area contributed by atoms with Gasteiger partial charge in [-0.2, -0.15) is 0 Å². The van der Waals surface area contributed by atoms with E-state index in [9.17, 15) is 0 Å². The third-order valence-electron chi connectivity index (χ3n) is 3.08. The second-order valence-electron chi connectivity index (χ2n) is 4.38. The first kappa shape index (κ1) is 12.6. The maximum absolute atomic E-state index is 6.10. The van der Waals surface area contributed by atoms with E-state index in [0.29, 0.717) is 0 Å². The third kappa shape index (κ3) is 2.24. The Morgan fingerprint density at radius 2 is 2.22 bits per heavy atom. The summed E-state index contributed by atoms with van der Waals surface area (Å²) in [5.41, 5.74) is 9.26. The topological polar surface area (TPSA) is 53.1 Å². The summed E-state index contributed by atoms with van der Waals surface area (Å²) < 4.78 is 7.40. The Labute approximate surface area is 107 Å². The molecule has 18 heavy (non-hydrogen) atoms. The number of aromatic nitrogens is 2. The predicted octanol–water partition coefficient (Wildman–Crippen LogP) is 2.60. The fourth-order valence-corrected chi connectivity index (χ4v) is 1.98. The lowest BCUT2D eigenvalue weighted by molar-refractivity contribution is 0.412. The Morgan fingerprint density at radius 3 is 2.89 bits per heavy atom. The molecule has 1 aromatic heterocycles. The highest BCUT2D eigenvalue weighted by atomic mass is 16.5. The van der Waals surface area contributed by atoms with E-state index in [-0.39, 0.29) is 6.04 Å². The second-order valence-corrected chi connectivity index (χ2v) is 4.38. The van der Waals surface area contributed by atoms with Gasteiger partial charge in [-0.1, -0.05) is 13.0 Å². The number of nitrogens with two attached hydrogens (primary N) is 1. The van der Waals surface area contributed by atoms with Crippen LogP contribution in [0.15, 0.2) is 30.7 Å². The Kier molecular flexibility index (Phi) is 3.67. The molecule has 1 heterocycles. The molecule has 2 aromatic rings. The largest absolute Gasteiger partial charge is 0.495 e. The molecule has 96 valence electrons. The number of imidazole rings is 1. The van der Waals surface area contributed by atoms with Crippen molar-refractivity contribution in [3.8, 4) is 11.4 Å². The molecule has 0 amide bonds. The van der Waals surface area contributed by atoms with Crippen LogP contribution in [-0.4, -0.2) is 16.7 Å². The lowest BCUT2D eigenvalue weighted by atomic mass is 10.1. The van der Waals surface area contributed by atoms with Gasteiger partial charge in [0.1, 0.15) is 5.75 Å². The number of nitrogens with zero attached hydrogens (tertiary/aromatic N) is 2. The van der Waals surface area contributed by atoms with Crippen molar-refractivity contribution in [3.05, 3.63) is 42.0 Å². The summed E-state index contributed by atoms with van der Waals surface area (Å²) in [4.78, 5) is 4.20. The van der Waals surface area contributed by atoms with E-state index in [1.54, 1.807) is 13.4 Å². The summed E-state index contributed by atoms with van der Waals surface area (Å²) in [7, 11) is 1.67. The van der Waals surface area contributed by atoms with Crippen molar-refractivity contribution in [1.29, 1.82) is 0 Å². The molecule has 0 fully saturated rings. The van der Waals surface area contributed by atoms with Gasteiger partial charge in [0.15, 0.2) is 0 Å². The van der Waals surface area contributed by atoms with Crippen molar-refractivity contribution in [1.82, 2.24) is 9.55 Å². The van der Waals surface area contributed by atoms with Gasteiger partial charge in [0.25, 0.3) is 0 Å². The van der Waals surface area contributed by atoms with Crippen molar-refractivity contribution in [2.24, 2.45) is 5.73 Å². The Hall–Kier alpha value is -1.81. The van der Waals surface area contributed by atoms with Crippen LogP contribution in [0.3, 0.4) is 0 Å². The van der Waals surface area contributed by atoms with Crippen molar-refractivity contribution in [3.63, 3.8) is 0 Å². The van der Waals surface area contributed by atoms with E-state index in [1.807, 2.05) is 22.9 Å². The number of hydrogen-bond acceptors (Lipinski definition) is 3. The van der Waals surface area contributed by atoms with Crippen molar-refractivity contribution < 1.29 is 4.74 Å². The molecule has 2 N–H and O–H groups in total. The number of methoxy groups -OCH3 is 1. The molecule has 0 spiro atoms. The number of rotatable bonds is 4. The molecule has 1 atom stereocenters. The zero-order valence-corrected chi connectivity index (χ0v) is 11.1. The summed E-state index contributed by atoms with van der Waals surface area (Å²) in [6, 6.07) is 6.05. The summed E-state index contributed by atoms with van der Waals surface area (Å²) in [5, 5.41) is 0. The first-order valence-electron chi connectivity index (χ1n) is 6.10. The first-order chi connectivity index (χ1) is 8.67. The first-order valence-corrected chi connectivity index (χ1v) is 6.10. The minimum absolute atomic E-state index is 0.0160. The van der Waals surface area contributed by atoms with Crippen LogP contribution in [0.25, 0.3) is 5.69 Å². The van der Waals surface area contributed by atoms with Crippen molar-refractivity contribution in [2.75, 3.05) is 7.11 Å². The van der Waals surface area contributed by atoms with Gasteiger partial charge < -0.3 is 10.5 Å². The molecule has 0 unspecified atom stereocenters. The SMILES string of the molecule is CC[C@@H](N)c1cncn1-c1cc(C)ccc1OC. The highest BCUT2D eigenvalue weighted by molar-refractivity contribution is 5.50. The van der Waals surface area contributed by atoms with Crippen LogP contribution < -0.4 is 10.5 Å². The summed E-state index contributed by atoms with van der Waals surface area (Å²) >= 11 is 0. The molecular formula is C14H19N3O. The quantitative estimate of drug-likeness (QED) is 0.900. The lowest BCUT2D eigenvalue weighted by Crippen LogP contribution is -2.13. The fourth-order valence-electron chi connectivity index (χ4n) is 1.98. The van der Waals surface area contributed by atoms with Gasteiger partial charge in [-0.15, -0.1) is 0 Å². The van der Waals surface area contributed by atoms with Crippen LogP contribution in [0.2, 0.25) is 0 Å². The predicted molar refractivity (Wildman–Crippen MR) is 72.1 cm³/mol. The van der Waals surface area contributed by atoms with Gasteiger partial charge in [-0.3, -0.25) is 4.57 Å². The summed E-state index contributed by atoms with van der Waals surface area (Å²) in [5.74, 6) is 0.822. The molecule has 2 rings (SSSR count). The molecule has 0 radical (unpaired) electrons. The molecule has 0 bridgehead atoms. The summed E-state index contributed by atoms with van der Waals surface area (Å²) in [6.07, 6.45) is 4.47. The van der Waals surface area contributed by atoms with Crippen molar-refractivity contribution >= 4 is 0 Å². The Balaban J connectivity index is 2.55. The molecular weight excluding hydrogens is 226 g/mol. The molecule has 0 saturated heterocycles. The third-order valence-corrected chi connectivity index (χ3v) is 3.08. The maximum Gasteiger partial charge on any atom is 0.142 e. The zero-order valence-electron chi connectivity index (χ0n) is 11.1. The number of hydrogen-bond donors (Lipinski definition) is 1. The molecule has 0 aliphatic heterocycles. The number of benzene rings is 1. The molecule has 0 aliphatic rings. The fraction of sp³-hybridized carbons (Fsp3) is 0.357. The minimum atomic E-state index is -0.0160. The zero-order chi connectivity index (χ0) is 13.1. The highest BCUT2D eigenvalue weighted by Gasteiger charge is 2.14. The van der Waals surface area contributed by atoms with Gasteiger partial charge in [0, 0.05) is 6.04 Å². The smallest absolute Gasteiger partial charge is 0.142 e. The van der Waals surface area contributed by atoms with E-state index in [2.05, 4.69) is 24.9 Å². The van der Waals surface area contributed by atoms with Gasteiger partial charge in [-0.05, 0) is 31.0 Å². The average Bonchev–Trinajstić information content (AvgIpc) is 2.86. The van der Waals surface area contributed by atoms with Gasteiger partial charge in [0.2, 0.25) is 0 Å². The molecule has 4 heteroatoms. The Morgan fingerprint density at radius 1 is 1.44 bits per heavy atom. The average molecular weight is 245 g/mol. The molecule has 1 aromatic carbocycles. The van der Waals surface area contributed by atoms with Gasteiger partial charge >= 0.3 is 0 Å². The van der Waals surface area contributed by atoms with E-state index >= 15 is 0 Å². The van der Waals surface area contributed by atoms with Crippen molar-refractivity contribution in [2.45, 2.75) is 26.3 Å².